The first-order valence-corrected chi connectivity index (χ1v) is 9.31. The topological polar surface area (TPSA) is 105 Å². The number of halogens is 1. The highest BCUT2D eigenvalue weighted by molar-refractivity contribution is 6.33. The minimum absolute atomic E-state index is 0.00467. The van der Waals surface area contributed by atoms with Crippen LogP contribution in [0, 0.1) is 11.3 Å². The molecule has 1 aromatic heterocycles. The second kappa shape index (κ2) is 8.78. The summed E-state index contributed by atoms with van der Waals surface area (Å²) in [5.41, 5.74) is 2.01. The molecule has 0 aliphatic carbocycles. The molecule has 0 aliphatic heterocycles. The summed E-state index contributed by atoms with van der Waals surface area (Å²) in [7, 11) is 1.68. The van der Waals surface area contributed by atoms with Crippen molar-refractivity contribution in [2.24, 2.45) is 0 Å². The number of carbonyl (C=O) groups excluding carboxylic acids is 1. The van der Waals surface area contributed by atoms with E-state index in [0.717, 1.165) is 5.52 Å². The maximum atomic E-state index is 12.3. The molecular weight excluding hydrogens is 390 g/mol. The Kier molecular flexibility index (Phi) is 6.17. The number of carbonyl (C=O) groups is 1. The zero-order chi connectivity index (χ0) is 21.0. The number of allylic oxidation sites excluding steroid dienone is 1. The maximum absolute atomic E-state index is 12.3. The number of H-pyrrole nitrogens is 1. The molecule has 0 bridgehead atoms. The number of aromatic amines is 1. The van der Waals surface area contributed by atoms with Gasteiger partial charge in [-0.25, -0.2) is 4.98 Å². The van der Waals surface area contributed by atoms with Crippen molar-refractivity contribution in [1.29, 1.82) is 5.26 Å². The molecule has 0 saturated carbocycles. The highest BCUT2D eigenvalue weighted by Gasteiger charge is 2.22. The van der Waals surface area contributed by atoms with Gasteiger partial charge in [0, 0.05) is 0 Å². The minimum atomic E-state index is -0.588. The van der Waals surface area contributed by atoms with Gasteiger partial charge >= 0.3 is 0 Å². The van der Waals surface area contributed by atoms with Crippen molar-refractivity contribution in [3.05, 3.63) is 65.1 Å². The van der Waals surface area contributed by atoms with Crippen molar-refractivity contribution in [1.82, 2.24) is 14.9 Å². The van der Waals surface area contributed by atoms with Gasteiger partial charge in [0.15, 0.2) is 5.82 Å². The van der Waals surface area contributed by atoms with Gasteiger partial charge in [-0.2, -0.15) is 5.26 Å². The highest BCUT2D eigenvalue weighted by atomic mass is 35.5. The highest BCUT2D eigenvalue weighted by Crippen LogP contribution is 2.22. The number of hydrogen-bond donors (Lipinski definition) is 3. The Morgan fingerprint density at radius 2 is 2.00 bits per heavy atom. The molecule has 0 unspecified atom stereocenters. The number of nitrogens with zero attached hydrogens (tertiary/aromatic N) is 3. The quantitative estimate of drug-likeness (QED) is 0.422. The van der Waals surface area contributed by atoms with E-state index in [1.54, 1.807) is 43.1 Å². The number of rotatable bonds is 6. The van der Waals surface area contributed by atoms with Crippen LogP contribution in [0.5, 0.6) is 0 Å². The molecule has 0 fully saturated rings. The number of aliphatic hydroxyl groups is 1. The average Bonchev–Trinajstić information content (AvgIpc) is 3.13. The molecule has 0 radical (unpaired) electrons. The van der Waals surface area contributed by atoms with Gasteiger partial charge in [-0.05, 0) is 38.2 Å². The van der Waals surface area contributed by atoms with Gasteiger partial charge in [-0.15, -0.1) is 0 Å². The van der Waals surface area contributed by atoms with E-state index in [4.69, 9.17) is 11.6 Å². The van der Waals surface area contributed by atoms with Crippen LogP contribution in [0.4, 0.5) is 5.69 Å². The van der Waals surface area contributed by atoms with Crippen LogP contribution in [-0.2, 0) is 4.79 Å². The first-order valence-electron chi connectivity index (χ1n) is 8.93. The van der Waals surface area contributed by atoms with E-state index in [1.165, 1.54) is 0 Å². The third-order valence-corrected chi connectivity index (χ3v) is 4.92. The van der Waals surface area contributed by atoms with E-state index in [2.05, 4.69) is 15.3 Å². The molecular formula is C21H20ClN5O2. The third kappa shape index (κ3) is 4.57. The fraction of sp³-hybridized carbons (Fsp3) is 0.190. The fourth-order valence-electron chi connectivity index (χ4n) is 2.84. The number of amides is 1. The summed E-state index contributed by atoms with van der Waals surface area (Å²) in [4.78, 5) is 21.4. The van der Waals surface area contributed by atoms with Crippen molar-refractivity contribution in [3.8, 4) is 6.07 Å². The molecule has 8 heteroatoms. The molecule has 148 valence electrons. The van der Waals surface area contributed by atoms with Crippen LogP contribution in [0.15, 0.2) is 54.3 Å². The summed E-state index contributed by atoms with van der Waals surface area (Å²) in [5, 5.41) is 23.4. The van der Waals surface area contributed by atoms with E-state index in [-0.39, 0.29) is 29.6 Å². The lowest BCUT2D eigenvalue weighted by atomic mass is 10.1. The van der Waals surface area contributed by atoms with Crippen molar-refractivity contribution in [2.45, 2.75) is 13.0 Å². The van der Waals surface area contributed by atoms with Crippen LogP contribution in [0.3, 0.4) is 0 Å². The molecule has 1 atom stereocenters. The van der Waals surface area contributed by atoms with E-state index in [9.17, 15) is 15.2 Å². The van der Waals surface area contributed by atoms with Gasteiger partial charge in [-0.3, -0.25) is 9.69 Å². The van der Waals surface area contributed by atoms with Gasteiger partial charge in [0.25, 0.3) is 0 Å². The maximum Gasteiger partial charge on any atom is 0.238 e. The second-order valence-corrected chi connectivity index (χ2v) is 7.00. The number of likely N-dealkylation sites (N-methyl/N-ethyl adjacent to an activating group) is 1. The lowest BCUT2D eigenvalue weighted by Crippen LogP contribution is -2.37. The molecule has 29 heavy (non-hydrogen) atoms. The normalized spacial score (nSPS) is 13.1. The average molecular weight is 410 g/mol. The first-order chi connectivity index (χ1) is 13.9. The molecule has 1 heterocycles. The number of imidazole rings is 1. The molecule has 7 nitrogen and oxygen atoms in total. The Bertz CT molecular complexity index is 1080. The zero-order valence-electron chi connectivity index (χ0n) is 16.0. The molecule has 0 aliphatic rings. The Hall–Kier alpha value is -3.34. The molecule has 0 saturated heterocycles. The Balaban J connectivity index is 1.76. The van der Waals surface area contributed by atoms with E-state index < -0.39 is 6.04 Å². The van der Waals surface area contributed by atoms with Gasteiger partial charge in [-0.1, -0.05) is 35.9 Å². The largest absolute Gasteiger partial charge is 0.509 e. The fourth-order valence-corrected chi connectivity index (χ4v) is 3.02. The van der Waals surface area contributed by atoms with Gasteiger partial charge in [0.2, 0.25) is 5.91 Å². The lowest BCUT2D eigenvalue weighted by Gasteiger charge is -2.24. The third-order valence-electron chi connectivity index (χ3n) is 4.59. The van der Waals surface area contributed by atoms with E-state index >= 15 is 0 Å². The predicted octanol–water partition coefficient (Wildman–Crippen LogP) is 3.97. The van der Waals surface area contributed by atoms with Gasteiger partial charge < -0.3 is 15.4 Å². The van der Waals surface area contributed by atoms with Crippen LogP contribution in [0.25, 0.3) is 16.6 Å². The van der Waals surface area contributed by atoms with Crippen LogP contribution in [-0.4, -0.2) is 45.5 Å². The standard InChI is InChI=1S/C21H20ClN5O2/c1-13(27(2)12-19(28)24-16-8-4-3-7-15(16)22)20(29)14(11-23)21-25-17-9-5-6-10-18(17)26-21/h3-10,13,29H,12H2,1-2H3,(H,24,28)(H,25,26)/b20-14-/t13-/m1/s1. The number of hydrogen-bond acceptors (Lipinski definition) is 5. The number of anilines is 1. The van der Waals surface area contributed by atoms with E-state index in [1.807, 2.05) is 30.3 Å². The SMILES string of the molecule is C[C@H](/C(O)=C(\C#N)c1nc2ccccc2[nH]1)N(C)CC(=O)Nc1ccccc1Cl. The van der Waals surface area contributed by atoms with E-state index in [0.29, 0.717) is 16.2 Å². The number of nitrogens with one attached hydrogen (secondary N) is 2. The number of benzene rings is 2. The summed E-state index contributed by atoms with van der Waals surface area (Å²) in [6.45, 7) is 1.70. The van der Waals surface area contributed by atoms with Crippen LogP contribution in [0.1, 0.15) is 12.7 Å². The summed E-state index contributed by atoms with van der Waals surface area (Å²) in [6, 6.07) is 15.7. The number of aromatic nitrogens is 2. The lowest BCUT2D eigenvalue weighted by molar-refractivity contribution is -0.117. The first kappa shape index (κ1) is 20.4. The summed E-state index contributed by atoms with van der Waals surface area (Å²) < 4.78 is 0. The Labute approximate surface area is 173 Å². The minimum Gasteiger partial charge on any atom is -0.509 e. The summed E-state index contributed by atoms with van der Waals surface area (Å²) >= 11 is 6.06. The Morgan fingerprint density at radius 1 is 1.31 bits per heavy atom. The smallest absolute Gasteiger partial charge is 0.238 e. The predicted molar refractivity (Wildman–Crippen MR) is 113 cm³/mol. The number of para-hydroxylation sites is 3. The monoisotopic (exact) mass is 409 g/mol. The molecule has 2 aromatic carbocycles. The number of aliphatic hydroxyl groups excluding tert-OH is 1. The Morgan fingerprint density at radius 3 is 2.69 bits per heavy atom. The van der Waals surface area contributed by atoms with Gasteiger partial charge in [0.1, 0.15) is 17.4 Å². The van der Waals surface area contributed by atoms with Crippen LogP contribution < -0.4 is 5.32 Å². The summed E-state index contributed by atoms with van der Waals surface area (Å²) in [5.74, 6) is -0.172. The zero-order valence-corrected chi connectivity index (χ0v) is 16.7. The van der Waals surface area contributed by atoms with Crippen LogP contribution in [0.2, 0.25) is 5.02 Å². The summed E-state index contributed by atoms with van der Waals surface area (Å²) in [6.07, 6.45) is 0. The van der Waals surface area contributed by atoms with Crippen molar-refractivity contribution in [2.75, 3.05) is 18.9 Å². The molecule has 1 amide bonds. The molecule has 0 spiro atoms. The number of nitriles is 1. The second-order valence-electron chi connectivity index (χ2n) is 6.59. The van der Waals surface area contributed by atoms with Crippen molar-refractivity contribution in [3.63, 3.8) is 0 Å². The van der Waals surface area contributed by atoms with Crippen molar-refractivity contribution < 1.29 is 9.90 Å². The van der Waals surface area contributed by atoms with Crippen molar-refractivity contribution >= 4 is 39.8 Å². The van der Waals surface area contributed by atoms with Gasteiger partial charge in [0.05, 0.1) is 34.3 Å². The molecule has 3 N–H and O–H groups in total. The number of fused-ring (bicyclic) bond motifs is 1. The molecule has 3 rings (SSSR count). The molecule has 3 aromatic rings. The van der Waals surface area contributed by atoms with Crippen LogP contribution >= 0.6 is 11.6 Å².